The van der Waals surface area contributed by atoms with Crippen molar-refractivity contribution in [3.8, 4) is 0 Å². The third-order valence-electron chi connectivity index (χ3n) is 3.71. The molecule has 26 heavy (non-hydrogen) atoms. The highest BCUT2D eigenvalue weighted by atomic mass is 127. The number of guanidine groups is 1. The number of carbonyl (C=O) groups is 1. The van der Waals surface area contributed by atoms with E-state index in [0.29, 0.717) is 25.6 Å². The van der Waals surface area contributed by atoms with Crippen LogP contribution in [0.4, 0.5) is 4.39 Å². The first-order valence-corrected chi connectivity index (χ1v) is 8.68. The molecule has 0 saturated heterocycles. The van der Waals surface area contributed by atoms with Gasteiger partial charge in [-0.15, -0.1) is 24.0 Å². The molecule has 0 aliphatic carbocycles. The Morgan fingerprint density at radius 1 is 1.19 bits per heavy atom. The van der Waals surface area contributed by atoms with Crippen molar-refractivity contribution in [2.75, 3.05) is 26.2 Å². The van der Waals surface area contributed by atoms with E-state index >= 15 is 0 Å². The molecule has 8 heteroatoms. The Morgan fingerprint density at radius 3 is 2.73 bits per heavy atom. The molecule has 1 aromatic carbocycles. The Hall–Kier alpha value is -1.84. The third kappa shape index (κ3) is 6.81. The maximum atomic E-state index is 13.4. The van der Waals surface area contributed by atoms with Crippen molar-refractivity contribution in [1.82, 2.24) is 20.9 Å². The third-order valence-corrected chi connectivity index (χ3v) is 3.71. The van der Waals surface area contributed by atoms with Crippen molar-refractivity contribution in [2.24, 2.45) is 4.99 Å². The number of rotatable bonds is 8. The van der Waals surface area contributed by atoms with E-state index in [0.717, 1.165) is 29.3 Å². The zero-order chi connectivity index (χ0) is 18.1. The molecule has 2 aromatic rings. The molecular weight excluding hydrogens is 448 g/mol. The number of fused-ring (bicyclic) bond motifs is 1. The van der Waals surface area contributed by atoms with Crippen LogP contribution in [0.3, 0.4) is 0 Å². The van der Waals surface area contributed by atoms with Crippen LogP contribution in [0.2, 0.25) is 0 Å². The minimum atomic E-state index is -0.241. The van der Waals surface area contributed by atoms with Crippen LogP contribution >= 0.6 is 24.0 Å². The molecule has 0 aliphatic heterocycles. The second-order valence-electron chi connectivity index (χ2n) is 5.73. The number of hydrogen-bond donors (Lipinski definition) is 4. The number of carbonyl (C=O) groups excluding carboxylic acids is 1. The number of amides is 1. The van der Waals surface area contributed by atoms with Gasteiger partial charge >= 0.3 is 0 Å². The first-order valence-electron chi connectivity index (χ1n) is 8.68. The molecule has 0 radical (unpaired) electrons. The molecular formula is C18H27FIN5O. The summed E-state index contributed by atoms with van der Waals surface area (Å²) < 4.78 is 13.4. The van der Waals surface area contributed by atoms with Crippen molar-refractivity contribution < 1.29 is 9.18 Å². The van der Waals surface area contributed by atoms with Crippen molar-refractivity contribution in [2.45, 2.75) is 26.7 Å². The first kappa shape index (κ1) is 22.2. The number of halogens is 2. The minimum Gasteiger partial charge on any atom is -0.361 e. The maximum Gasteiger partial charge on any atom is 0.241 e. The summed E-state index contributed by atoms with van der Waals surface area (Å²) >= 11 is 0. The van der Waals surface area contributed by atoms with Gasteiger partial charge in [0.1, 0.15) is 12.4 Å². The van der Waals surface area contributed by atoms with Crippen molar-refractivity contribution in [3.63, 3.8) is 0 Å². The summed E-state index contributed by atoms with van der Waals surface area (Å²) in [6.45, 7) is 6.07. The smallest absolute Gasteiger partial charge is 0.241 e. The first-order chi connectivity index (χ1) is 12.1. The van der Waals surface area contributed by atoms with Crippen molar-refractivity contribution >= 4 is 46.7 Å². The fraction of sp³-hybridized carbons (Fsp3) is 0.444. The maximum absolute atomic E-state index is 13.4. The quantitative estimate of drug-likeness (QED) is 0.269. The van der Waals surface area contributed by atoms with Gasteiger partial charge in [0, 0.05) is 36.7 Å². The lowest BCUT2D eigenvalue weighted by Gasteiger charge is -2.11. The van der Waals surface area contributed by atoms with Crippen LogP contribution in [0.15, 0.2) is 29.4 Å². The molecule has 0 fully saturated rings. The Labute approximate surface area is 170 Å². The SMILES string of the molecule is CCCNC(=O)CN=C(NCC)NCCc1c[nH]c2ccc(F)cc12.I. The standard InChI is InChI=1S/C18H26FN5O.HI/c1-3-8-21-17(25)12-24-18(20-4-2)22-9-7-13-11-23-16-6-5-14(19)10-15(13)16;/h5-6,10-11,23H,3-4,7-9,12H2,1-2H3,(H,21,25)(H2,20,22,24);1H. The monoisotopic (exact) mass is 475 g/mol. The number of aliphatic imine (C=N–C) groups is 1. The summed E-state index contributed by atoms with van der Waals surface area (Å²) in [4.78, 5) is 19.1. The van der Waals surface area contributed by atoms with Crippen LogP contribution in [0.5, 0.6) is 0 Å². The summed E-state index contributed by atoms with van der Waals surface area (Å²) in [5.41, 5.74) is 1.96. The van der Waals surface area contributed by atoms with Gasteiger partial charge < -0.3 is 20.9 Å². The second kappa shape index (κ2) is 11.7. The number of aromatic nitrogens is 1. The van der Waals surface area contributed by atoms with Gasteiger partial charge in [-0.25, -0.2) is 9.38 Å². The predicted octanol–water partition coefficient (Wildman–Crippen LogP) is 2.55. The number of nitrogens with zero attached hydrogens (tertiary/aromatic N) is 1. The van der Waals surface area contributed by atoms with Crippen LogP contribution in [0, 0.1) is 5.82 Å². The van der Waals surface area contributed by atoms with Crippen molar-refractivity contribution in [1.29, 1.82) is 0 Å². The number of nitrogens with one attached hydrogen (secondary N) is 4. The zero-order valence-electron chi connectivity index (χ0n) is 15.2. The number of H-pyrrole nitrogens is 1. The number of hydrogen-bond acceptors (Lipinski definition) is 2. The Kier molecular flexibility index (Phi) is 10.0. The zero-order valence-corrected chi connectivity index (χ0v) is 17.5. The molecule has 0 aliphatic rings. The van der Waals surface area contributed by atoms with Gasteiger partial charge in [-0.05, 0) is 43.5 Å². The molecule has 0 atom stereocenters. The lowest BCUT2D eigenvalue weighted by Crippen LogP contribution is -2.39. The van der Waals surface area contributed by atoms with Gasteiger partial charge in [0.25, 0.3) is 0 Å². The largest absolute Gasteiger partial charge is 0.361 e. The van der Waals surface area contributed by atoms with E-state index < -0.39 is 0 Å². The number of benzene rings is 1. The second-order valence-corrected chi connectivity index (χ2v) is 5.73. The molecule has 1 amide bonds. The van der Waals surface area contributed by atoms with Crippen LogP contribution in [-0.4, -0.2) is 43.0 Å². The fourth-order valence-corrected chi connectivity index (χ4v) is 2.49. The topological polar surface area (TPSA) is 81.3 Å². The lowest BCUT2D eigenvalue weighted by molar-refractivity contribution is -0.119. The molecule has 1 heterocycles. The van der Waals surface area contributed by atoms with Crippen LogP contribution in [0.25, 0.3) is 10.9 Å². The van der Waals surface area contributed by atoms with E-state index in [4.69, 9.17) is 0 Å². The molecule has 0 bridgehead atoms. The highest BCUT2D eigenvalue weighted by Crippen LogP contribution is 2.19. The Morgan fingerprint density at radius 2 is 2.00 bits per heavy atom. The molecule has 0 spiro atoms. The van der Waals surface area contributed by atoms with E-state index in [9.17, 15) is 9.18 Å². The van der Waals surface area contributed by atoms with E-state index in [1.54, 1.807) is 12.1 Å². The lowest BCUT2D eigenvalue weighted by atomic mass is 10.1. The average Bonchev–Trinajstić information content (AvgIpc) is 3.00. The summed E-state index contributed by atoms with van der Waals surface area (Å²) in [5, 5.41) is 10.00. The normalized spacial score (nSPS) is 11.1. The molecule has 144 valence electrons. The summed E-state index contributed by atoms with van der Waals surface area (Å²) in [5.74, 6) is 0.264. The summed E-state index contributed by atoms with van der Waals surface area (Å²) in [6.07, 6.45) is 3.52. The van der Waals surface area contributed by atoms with Gasteiger partial charge in [-0.1, -0.05) is 6.92 Å². The van der Waals surface area contributed by atoms with E-state index in [1.165, 1.54) is 6.07 Å². The fourth-order valence-electron chi connectivity index (χ4n) is 2.49. The summed E-state index contributed by atoms with van der Waals surface area (Å²) in [7, 11) is 0. The molecule has 2 rings (SSSR count). The van der Waals surface area contributed by atoms with Gasteiger partial charge in [0.15, 0.2) is 5.96 Å². The van der Waals surface area contributed by atoms with Gasteiger partial charge in [0.05, 0.1) is 0 Å². The Balaban J connectivity index is 0.00000338. The van der Waals surface area contributed by atoms with E-state index in [-0.39, 0.29) is 42.2 Å². The van der Waals surface area contributed by atoms with Gasteiger partial charge in [-0.2, -0.15) is 0 Å². The highest BCUT2D eigenvalue weighted by molar-refractivity contribution is 14.0. The van der Waals surface area contributed by atoms with E-state index in [1.807, 2.05) is 20.0 Å². The van der Waals surface area contributed by atoms with E-state index in [2.05, 4.69) is 25.9 Å². The van der Waals surface area contributed by atoms with Crippen LogP contribution < -0.4 is 16.0 Å². The highest BCUT2D eigenvalue weighted by Gasteiger charge is 2.06. The molecule has 6 nitrogen and oxygen atoms in total. The molecule has 1 aromatic heterocycles. The summed E-state index contributed by atoms with van der Waals surface area (Å²) in [6, 6.07) is 4.72. The average molecular weight is 475 g/mol. The molecule has 0 unspecified atom stereocenters. The van der Waals surface area contributed by atoms with Crippen LogP contribution in [0.1, 0.15) is 25.8 Å². The predicted molar refractivity (Wildman–Crippen MR) is 115 cm³/mol. The van der Waals surface area contributed by atoms with Crippen LogP contribution in [-0.2, 0) is 11.2 Å². The van der Waals surface area contributed by atoms with Gasteiger partial charge in [-0.3, -0.25) is 4.79 Å². The van der Waals surface area contributed by atoms with Crippen molar-refractivity contribution in [3.05, 3.63) is 35.8 Å². The minimum absolute atomic E-state index is 0. The number of aromatic amines is 1. The molecule has 4 N–H and O–H groups in total. The van der Waals surface area contributed by atoms with Gasteiger partial charge in [0.2, 0.25) is 5.91 Å². The Bertz CT molecular complexity index is 731. The molecule has 0 saturated carbocycles.